The number of aryl methyl sites for hydroxylation is 1. The Morgan fingerprint density at radius 3 is 2.63 bits per heavy atom. The molecule has 1 aromatic carbocycles. The Balaban J connectivity index is 1.11. The van der Waals surface area contributed by atoms with Crippen LogP contribution in [-0.2, 0) is 25.2 Å². The van der Waals surface area contributed by atoms with E-state index in [1.165, 1.54) is 24.1 Å². The van der Waals surface area contributed by atoms with Gasteiger partial charge in [0.1, 0.15) is 12.4 Å². The Morgan fingerprint density at radius 1 is 1.09 bits per heavy atom. The summed E-state index contributed by atoms with van der Waals surface area (Å²) in [7, 11) is -2.41. The Kier molecular flexibility index (Phi) is 6.31. The molecule has 7 rings (SSSR count). The molecule has 0 unspecified atom stereocenters. The highest BCUT2D eigenvalue weighted by atomic mass is 32.2. The minimum atomic E-state index is -3.85. The van der Waals surface area contributed by atoms with E-state index in [0.29, 0.717) is 40.9 Å². The SMILES string of the molecule is Cc1ccnc([C@H]2C[C@@H]2C(=O)Nc2cccc(S(=O)(=O)Cc3cn4cc(C5CC5)cc(N5CC(=O)N(C)C5=O)c4n3)c2)n1. The molecule has 3 aliphatic rings. The number of anilines is 2. The summed E-state index contributed by atoms with van der Waals surface area (Å²) in [6.07, 6.45) is 7.94. The summed E-state index contributed by atoms with van der Waals surface area (Å²) in [6.45, 7) is 1.78. The molecule has 1 aliphatic heterocycles. The van der Waals surface area contributed by atoms with Gasteiger partial charge in [-0.1, -0.05) is 6.07 Å². The number of imidazole rings is 1. The smallest absolute Gasteiger partial charge is 0.326 e. The van der Waals surface area contributed by atoms with E-state index < -0.39 is 15.9 Å². The van der Waals surface area contributed by atoms with Crippen LogP contribution in [0.1, 0.15) is 53.9 Å². The molecule has 3 aromatic heterocycles. The zero-order chi connectivity index (χ0) is 30.0. The molecule has 43 heavy (non-hydrogen) atoms. The first-order valence-corrected chi connectivity index (χ1v) is 15.8. The minimum absolute atomic E-state index is 0.0533. The van der Waals surface area contributed by atoms with Crippen LogP contribution in [0.4, 0.5) is 16.2 Å². The number of carbonyl (C=O) groups excluding carboxylic acids is 3. The Labute approximate surface area is 247 Å². The van der Waals surface area contributed by atoms with Crippen molar-refractivity contribution in [3.05, 3.63) is 77.8 Å². The van der Waals surface area contributed by atoms with E-state index in [1.54, 1.807) is 35.0 Å². The maximum absolute atomic E-state index is 13.5. The summed E-state index contributed by atoms with van der Waals surface area (Å²) in [5, 5.41) is 2.84. The molecule has 13 heteroatoms. The number of hydrogen-bond donors (Lipinski definition) is 1. The first-order valence-electron chi connectivity index (χ1n) is 14.1. The Bertz CT molecular complexity index is 1930. The van der Waals surface area contributed by atoms with Crippen molar-refractivity contribution in [3.63, 3.8) is 0 Å². The third kappa shape index (κ3) is 5.13. The van der Waals surface area contributed by atoms with Crippen LogP contribution < -0.4 is 10.2 Å². The molecule has 2 atom stereocenters. The fourth-order valence-electron chi connectivity index (χ4n) is 5.54. The van der Waals surface area contributed by atoms with Gasteiger partial charge >= 0.3 is 6.03 Å². The molecule has 0 radical (unpaired) electrons. The third-order valence-electron chi connectivity index (χ3n) is 8.20. The van der Waals surface area contributed by atoms with Crippen LogP contribution >= 0.6 is 0 Å². The molecule has 4 heterocycles. The van der Waals surface area contributed by atoms with Gasteiger partial charge in [0.25, 0.3) is 0 Å². The lowest BCUT2D eigenvalue weighted by Crippen LogP contribution is -2.30. The van der Waals surface area contributed by atoms with Crippen LogP contribution in [0, 0.1) is 12.8 Å². The van der Waals surface area contributed by atoms with Crippen LogP contribution in [0.15, 0.2) is 59.9 Å². The summed E-state index contributed by atoms with van der Waals surface area (Å²) in [5.74, 6) is -0.228. The van der Waals surface area contributed by atoms with Crippen molar-refractivity contribution >= 4 is 44.7 Å². The van der Waals surface area contributed by atoms with Gasteiger partial charge in [-0.3, -0.25) is 19.4 Å². The molecular weight excluding hydrogens is 570 g/mol. The second-order valence-electron chi connectivity index (χ2n) is 11.5. The van der Waals surface area contributed by atoms with Gasteiger partial charge < -0.3 is 9.72 Å². The molecule has 2 aliphatic carbocycles. The average Bonchev–Trinajstić information content (AvgIpc) is 3.90. The largest absolute Gasteiger partial charge is 0.331 e. The van der Waals surface area contributed by atoms with Crippen molar-refractivity contribution in [2.75, 3.05) is 23.8 Å². The quantitative estimate of drug-likeness (QED) is 0.303. The van der Waals surface area contributed by atoms with E-state index >= 15 is 0 Å². The summed E-state index contributed by atoms with van der Waals surface area (Å²) in [5.41, 5.74) is 3.42. The highest BCUT2D eigenvalue weighted by molar-refractivity contribution is 7.90. The monoisotopic (exact) mass is 599 g/mol. The maximum Gasteiger partial charge on any atom is 0.331 e. The van der Waals surface area contributed by atoms with E-state index in [0.717, 1.165) is 29.0 Å². The first kappa shape index (κ1) is 27.2. The molecule has 4 aromatic rings. The zero-order valence-corrected chi connectivity index (χ0v) is 24.4. The van der Waals surface area contributed by atoms with Crippen molar-refractivity contribution in [2.24, 2.45) is 5.92 Å². The van der Waals surface area contributed by atoms with Crippen molar-refractivity contribution in [3.8, 4) is 0 Å². The highest BCUT2D eigenvalue weighted by Gasteiger charge is 2.46. The van der Waals surface area contributed by atoms with E-state index in [1.807, 2.05) is 19.2 Å². The maximum atomic E-state index is 13.5. The Hall–Kier alpha value is -4.65. The Morgan fingerprint density at radius 2 is 1.91 bits per heavy atom. The van der Waals surface area contributed by atoms with Crippen LogP contribution in [0.25, 0.3) is 5.65 Å². The molecule has 1 N–H and O–H groups in total. The van der Waals surface area contributed by atoms with Crippen LogP contribution in [0.2, 0.25) is 0 Å². The van der Waals surface area contributed by atoms with Gasteiger partial charge in [0.2, 0.25) is 11.8 Å². The number of sulfone groups is 1. The fourth-order valence-corrected chi connectivity index (χ4v) is 6.83. The number of fused-ring (bicyclic) bond motifs is 1. The number of likely N-dealkylation sites (N-methyl/N-ethyl adjacent to an activating group) is 1. The van der Waals surface area contributed by atoms with Gasteiger partial charge in [-0.2, -0.15) is 0 Å². The lowest BCUT2D eigenvalue weighted by atomic mass is 10.1. The van der Waals surface area contributed by atoms with Gasteiger partial charge in [0.15, 0.2) is 15.5 Å². The van der Waals surface area contributed by atoms with E-state index in [-0.39, 0.29) is 40.8 Å². The highest BCUT2D eigenvalue weighted by Crippen LogP contribution is 2.46. The number of amides is 4. The number of hydrogen-bond acceptors (Lipinski definition) is 8. The topological polar surface area (TPSA) is 147 Å². The summed E-state index contributed by atoms with van der Waals surface area (Å²) in [4.78, 5) is 53.7. The number of imide groups is 1. The normalized spacial score (nSPS) is 20.2. The molecule has 0 bridgehead atoms. The van der Waals surface area contributed by atoms with Crippen molar-refractivity contribution in [1.29, 1.82) is 0 Å². The first-order chi connectivity index (χ1) is 20.6. The van der Waals surface area contributed by atoms with Gasteiger partial charge in [0, 0.05) is 48.9 Å². The number of pyridine rings is 1. The number of rotatable bonds is 8. The number of benzene rings is 1. The molecule has 12 nitrogen and oxygen atoms in total. The zero-order valence-electron chi connectivity index (χ0n) is 23.6. The van der Waals surface area contributed by atoms with E-state index in [2.05, 4.69) is 20.3 Å². The van der Waals surface area contributed by atoms with Gasteiger partial charge in [-0.15, -0.1) is 0 Å². The molecule has 0 spiro atoms. The van der Waals surface area contributed by atoms with Crippen molar-refractivity contribution in [2.45, 2.75) is 48.7 Å². The third-order valence-corrected chi connectivity index (χ3v) is 9.85. The second kappa shape index (κ2) is 9.97. The van der Waals surface area contributed by atoms with Gasteiger partial charge in [-0.25, -0.2) is 28.2 Å². The van der Waals surface area contributed by atoms with Crippen LogP contribution in [0.3, 0.4) is 0 Å². The second-order valence-corrected chi connectivity index (χ2v) is 13.5. The fraction of sp³-hybridized carbons (Fsp3) is 0.333. The standard InChI is InChI=1S/C30H29N7O5S/c1-17-8-9-31-27(32-17)23-12-24(23)29(39)34-20-4-3-5-22(11-20)43(41,42)16-21-14-36-13-19(18-6-7-18)10-25(28(36)33-21)37-15-26(38)35(2)30(37)40/h3-5,8-11,13-14,18,23-24H,6-7,12,15-16H2,1-2H3,(H,34,39)/t23-,24-/m0/s1. The van der Waals surface area contributed by atoms with Crippen molar-refractivity contribution in [1.82, 2.24) is 24.3 Å². The van der Waals surface area contributed by atoms with E-state index in [4.69, 9.17) is 0 Å². The number of nitrogens with zero attached hydrogens (tertiary/aromatic N) is 6. The van der Waals surface area contributed by atoms with Crippen LogP contribution in [0.5, 0.6) is 0 Å². The molecule has 2 saturated carbocycles. The number of nitrogens with one attached hydrogen (secondary N) is 1. The molecule has 1 saturated heterocycles. The number of aromatic nitrogens is 4. The lowest BCUT2D eigenvalue weighted by Gasteiger charge is -2.17. The molecular formula is C30H29N7O5S. The van der Waals surface area contributed by atoms with Gasteiger partial charge in [0.05, 0.1) is 22.0 Å². The molecule has 220 valence electrons. The van der Waals surface area contributed by atoms with Crippen LogP contribution in [-0.4, -0.2) is 64.1 Å². The minimum Gasteiger partial charge on any atom is -0.326 e. The predicted octanol–water partition coefficient (Wildman–Crippen LogP) is 3.42. The molecule has 4 amide bonds. The van der Waals surface area contributed by atoms with E-state index in [9.17, 15) is 22.8 Å². The predicted molar refractivity (Wildman–Crippen MR) is 156 cm³/mol. The average molecular weight is 600 g/mol. The number of carbonyl (C=O) groups is 3. The summed E-state index contributed by atoms with van der Waals surface area (Å²) >= 11 is 0. The molecule has 3 fully saturated rings. The lowest BCUT2D eigenvalue weighted by molar-refractivity contribution is -0.124. The van der Waals surface area contributed by atoms with Gasteiger partial charge in [-0.05, 0) is 68.0 Å². The summed E-state index contributed by atoms with van der Waals surface area (Å²) < 4.78 is 28.7. The summed E-state index contributed by atoms with van der Waals surface area (Å²) in [6, 6.07) is 9.42. The van der Waals surface area contributed by atoms with Crippen molar-refractivity contribution < 1.29 is 22.8 Å². The number of urea groups is 1.